The molecule has 0 bridgehead atoms. The predicted octanol–water partition coefficient (Wildman–Crippen LogP) is 10.3. The van der Waals surface area contributed by atoms with E-state index in [0.717, 1.165) is 66.5 Å². The largest absolute Gasteiger partial charge is 0.309 e. The number of fused-ring (bicyclic) bond motifs is 12. The summed E-state index contributed by atoms with van der Waals surface area (Å²) in [6, 6.07) is 62.4. The second-order valence-corrected chi connectivity index (χ2v) is 15.7. The van der Waals surface area contributed by atoms with Crippen LogP contribution in [0.15, 0.2) is 158 Å². The van der Waals surface area contributed by atoms with Crippen molar-refractivity contribution in [3.05, 3.63) is 174 Å². The zero-order valence-electron chi connectivity index (χ0n) is 31.3. The number of para-hydroxylation sites is 2. The maximum absolute atomic E-state index is 10.6. The van der Waals surface area contributed by atoms with E-state index in [4.69, 9.17) is 0 Å². The van der Waals surface area contributed by atoms with Crippen molar-refractivity contribution < 1.29 is 0 Å². The van der Waals surface area contributed by atoms with Crippen molar-refractivity contribution >= 4 is 88.3 Å². The summed E-state index contributed by atoms with van der Waals surface area (Å²) in [5, 5.41) is 39.2. The first-order valence-electron chi connectivity index (χ1n) is 19.7. The lowest BCUT2D eigenvalue weighted by Gasteiger charge is -2.34. The van der Waals surface area contributed by atoms with Crippen LogP contribution < -0.4 is 16.4 Å². The lowest BCUT2D eigenvalue weighted by Crippen LogP contribution is -2.57. The molecule has 0 aliphatic carbocycles. The van der Waals surface area contributed by atoms with Gasteiger partial charge in [0.2, 0.25) is 6.71 Å². The Labute approximate surface area is 338 Å². The van der Waals surface area contributed by atoms with Gasteiger partial charge in [-0.25, -0.2) is 0 Å². The number of aromatic nitrogens is 2. The molecule has 0 saturated heterocycles. The van der Waals surface area contributed by atoms with Gasteiger partial charge in [-0.3, -0.25) is 0 Å². The van der Waals surface area contributed by atoms with Crippen molar-refractivity contribution in [2.24, 2.45) is 0 Å². The van der Waals surface area contributed by atoms with Crippen molar-refractivity contribution in [2.75, 3.05) is 0 Å². The second-order valence-electron chi connectivity index (χ2n) is 15.7. The SMILES string of the molecule is N#Cc1ccc(-n2c3ccccc3c3cc4c5c(cccc5c32)-c2cc(C#N)cc3c2B4c2cc4c5ccccc5n(-c5ccc(C#N)cc5)c4c4cccc-3c24)cc1. The van der Waals surface area contributed by atoms with Gasteiger partial charge in [0.1, 0.15) is 0 Å². The van der Waals surface area contributed by atoms with Crippen LogP contribution in [-0.4, -0.2) is 15.8 Å². The van der Waals surface area contributed by atoms with Crippen molar-refractivity contribution in [3.63, 3.8) is 0 Å². The Kier molecular flexibility index (Phi) is 6.13. The van der Waals surface area contributed by atoms with Gasteiger partial charge < -0.3 is 9.13 Å². The van der Waals surface area contributed by atoms with Gasteiger partial charge in [-0.1, -0.05) is 101 Å². The molecule has 0 N–H and O–H groups in total. The molecule has 2 aromatic heterocycles. The molecule has 0 atom stereocenters. The average molecular weight is 744 g/mol. The van der Waals surface area contributed by atoms with Crippen LogP contribution >= 0.6 is 0 Å². The molecule has 0 saturated carbocycles. The Balaban J connectivity index is 1.21. The molecule has 2 aliphatic heterocycles. The number of nitriles is 3. The highest BCUT2D eigenvalue weighted by molar-refractivity contribution is 7.01. The maximum Gasteiger partial charge on any atom is 0.244 e. The van der Waals surface area contributed by atoms with Gasteiger partial charge in [-0.05, 0) is 106 Å². The minimum atomic E-state index is -0.106. The van der Waals surface area contributed by atoms with E-state index < -0.39 is 0 Å². The first kappa shape index (κ1) is 31.8. The molecular formula is C53H26BN5. The Morgan fingerprint density at radius 3 is 1.24 bits per heavy atom. The third kappa shape index (κ3) is 4.01. The van der Waals surface area contributed by atoms with E-state index in [2.05, 4.69) is 137 Å². The molecule has 11 aromatic rings. The van der Waals surface area contributed by atoms with E-state index in [9.17, 15) is 15.8 Å². The van der Waals surface area contributed by atoms with Crippen LogP contribution in [0.3, 0.4) is 0 Å². The second kappa shape index (κ2) is 11.4. The third-order valence-corrected chi connectivity index (χ3v) is 13.0. The Bertz CT molecular complexity index is 3620. The van der Waals surface area contributed by atoms with Crippen molar-refractivity contribution in [1.29, 1.82) is 15.8 Å². The molecule has 59 heavy (non-hydrogen) atoms. The van der Waals surface area contributed by atoms with Gasteiger partial charge in [0.25, 0.3) is 0 Å². The van der Waals surface area contributed by atoms with Gasteiger partial charge in [0.05, 0.1) is 57.0 Å². The normalized spacial score (nSPS) is 12.3. The van der Waals surface area contributed by atoms with Gasteiger partial charge in [-0.2, -0.15) is 15.8 Å². The fourth-order valence-electron chi connectivity index (χ4n) is 10.7. The lowest BCUT2D eigenvalue weighted by atomic mass is 9.31. The summed E-state index contributed by atoms with van der Waals surface area (Å²) in [5.74, 6) is 0. The molecule has 9 aromatic carbocycles. The number of hydrogen-bond acceptors (Lipinski definition) is 3. The van der Waals surface area contributed by atoms with Crippen molar-refractivity contribution in [1.82, 2.24) is 9.13 Å². The van der Waals surface area contributed by atoms with Crippen molar-refractivity contribution in [2.45, 2.75) is 0 Å². The zero-order chi connectivity index (χ0) is 39.1. The molecule has 0 amide bonds. The minimum absolute atomic E-state index is 0.106. The first-order chi connectivity index (χ1) is 29.1. The lowest BCUT2D eigenvalue weighted by molar-refractivity contribution is 1.18. The van der Waals surface area contributed by atoms with Crippen LogP contribution in [0.4, 0.5) is 0 Å². The van der Waals surface area contributed by atoms with Gasteiger partial charge in [0.15, 0.2) is 0 Å². The summed E-state index contributed by atoms with van der Waals surface area (Å²) < 4.78 is 4.69. The number of nitrogens with zero attached hydrogens (tertiary/aromatic N) is 5. The van der Waals surface area contributed by atoms with Gasteiger partial charge >= 0.3 is 0 Å². The molecule has 0 spiro atoms. The monoisotopic (exact) mass is 743 g/mol. The van der Waals surface area contributed by atoms with Crippen molar-refractivity contribution in [3.8, 4) is 51.8 Å². The number of rotatable bonds is 2. The first-order valence-corrected chi connectivity index (χ1v) is 19.7. The molecule has 0 unspecified atom stereocenters. The molecule has 0 radical (unpaired) electrons. The topological polar surface area (TPSA) is 81.2 Å². The summed E-state index contributed by atoms with van der Waals surface area (Å²) in [5.41, 5.74) is 16.6. The van der Waals surface area contributed by atoms with Gasteiger partial charge in [0, 0.05) is 43.7 Å². The van der Waals surface area contributed by atoms with Crippen LogP contribution in [0.1, 0.15) is 16.7 Å². The quantitative estimate of drug-likeness (QED) is 0.165. The van der Waals surface area contributed by atoms with E-state index in [1.165, 1.54) is 48.7 Å². The summed E-state index contributed by atoms with van der Waals surface area (Å²) >= 11 is 0. The van der Waals surface area contributed by atoms with E-state index in [1.54, 1.807) is 0 Å². The van der Waals surface area contributed by atoms with E-state index >= 15 is 0 Å². The molecule has 4 heterocycles. The molecule has 2 aliphatic rings. The van der Waals surface area contributed by atoms with Crippen LogP contribution in [0.25, 0.3) is 98.8 Å². The molecule has 0 fully saturated rings. The summed E-state index contributed by atoms with van der Waals surface area (Å²) in [4.78, 5) is 0. The Morgan fingerprint density at radius 2 is 0.797 bits per heavy atom. The predicted molar refractivity (Wildman–Crippen MR) is 240 cm³/mol. The highest BCUT2D eigenvalue weighted by Crippen LogP contribution is 2.45. The molecule has 266 valence electrons. The fraction of sp³-hybridized carbons (Fsp3) is 0. The highest BCUT2D eigenvalue weighted by Gasteiger charge is 2.40. The average Bonchev–Trinajstić information content (AvgIpc) is 3.82. The summed E-state index contributed by atoms with van der Waals surface area (Å²) in [6.07, 6.45) is 0. The maximum atomic E-state index is 10.6. The van der Waals surface area contributed by atoms with E-state index in [-0.39, 0.29) is 6.71 Å². The molecule has 13 rings (SSSR count). The number of hydrogen-bond donors (Lipinski definition) is 0. The summed E-state index contributed by atoms with van der Waals surface area (Å²) in [6.45, 7) is -0.106. The smallest absolute Gasteiger partial charge is 0.244 e. The standard InChI is InChI=1S/C53H26BN5/c55-27-30-15-19-33(20-16-30)58-47-13-3-1-7-35(47)43-25-45-49-37(9-5-11-39(49)52(43)58)41-23-32(29-57)24-42-38-10-6-12-40-50(38)46(54(45)51(41)42)26-44-36-8-2-4-14-48(36)59(53(40)44)34-21-17-31(28-56)18-22-34/h1-26H. The molecular weight excluding hydrogens is 717 g/mol. The van der Waals surface area contributed by atoms with Crippen LogP contribution in [0.2, 0.25) is 0 Å². The minimum Gasteiger partial charge on any atom is -0.309 e. The molecule has 6 heteroatoms. The van der Waals surface area contributed by atoms with Crippen LogP contribution in [0, 0.1) is 34.0 Å². The fourth-order valence-corrected chi connectivity index (χ4v) is 10.7. The Hall–Kier alpha value is -8.37. The third-order valence-electron chi connectivity index (χ3n) is 13.0. The van der Waals surface area contributed by atoms with Gasteiger partial charge in [-0.15, -0.1) is 0 Å². The highest BCUT2D eigenvalue weighted by atomic mass is 15.0. The van der Waals surface area contributed by atoms with Crippen LogP contribution in [0.5, 0.6) is 0 Å². The summed E-state index contributed by atoms with van der Waals surface area (Å²) in [7, 11) is 0. The van der Waals surface area contributed by atoms with Crippen LogP contribution in [-0.2, 0) is 0 Å². The Morgan fingerprint density at radius 1 is 0.373 bits per heavy atom. The van der Waals surface area contributed by atoms with E-state index in [1.807, 2.05) is 48.5 Å². The zero-order valence-corrected chi connectivity index (χ0v) is 31.3. The van der Waals surface area contributed by atoms with E-state index in [0.29, 0.717) is 16.7 Å². The number of benzene rings is 9. The molecule has 5 nitrogen and oxygen atoms in total.